The molecule has 152 valence electrons. The zero-order chi connectivity index (χ0) is 20.7. The Morgan fingerprint density at radius 1 is 1.32 bits per heavy atom. The lowest BCUT2D eigenvalue weighted by Crippen LogP contribution is -2.40. The van der Waals surface area contributed by atoms with Crippen molar-refractivity contribution in [1.29, 1.82) is 0 Å². The Kier molecular flexibility index (Phi) is 7.30. The Bertz CT molecular complexity index is 762. The Morgan fingerprint density at radius 3 is 2.64 bits per heavy atom. The van der Waals surface area contributed by atoms with Crippen LogP contribution in [0.5, 0.6) is 0 Å². The van der Waals surface area contributed by atoms with Crippen LogP contribution in [0.1, 0.15) is 36.5 Å². The molecule has 0 bridgehead atoms. The van der Waals surface area contributed by atoms with Crippen molar-refractivity contribution in [2.45, 2.75) is 32.2 Å². The first kappa shape index (κ1) is 21.1. The van der Waals surface area contributed by atoms with Gasteiger partial charge in [-0.2, -0.15) is 0 Å². The second kappa shape index (κ2) is 9.67. The average Bonchev–Trinajstić information content (AvgIpc) is 3.48. The molecule has 0 atom stereocenters. The number of hydrogen-bond acceptors (Lipinski definition) is 7. The number of amides is 2. The number of nitro groups is 1. The van der Waals surface area contributed by atoms with E-state index in [9.17, 15) is 24.5 Å². The molecule has 0 radical (unpaired) electrons. The molecule has 1 fully saturated rings. The van der Waals surface area contributed by atoms with Gasteiger partial charge >= 0.3 is 5.97 Å². The van der Waals surface area contributed by atoms with Crippen molar-refractivity contribution in [3.63, 3.8) is 0 Å². The first-order valence-corrected chi connectivity index (χ1v) is 9.04. The summed E-state index contributed by atoms with van der Waals surface area (Å²) in [7, 11) is 1.42. The lowest BCUT2D eigenvalue weighted by Gasteiger charge is -2.16. The number of carbonyl (C=O) groups excluding carboxylic acids is 3. The van der Waals surface area contributed by atoms with Gasteiger partial charge in [-0.1, -0.05) is 6.92 Å². The highest BCUT2D eigenvalue weighted by Gasteiger charge is 2.26. The predicted molar refractivity (Wildman–Crippen MR) is 101 cm³/mol. The standard InChI is InChI=1S/C18H24N4O6/c1-3-8-19-16(23)10-21(2)17(24)11-28-18(25)12-4-7-14(20-13-5-6-13)15(9-12)22(26)27/h4,7,9,13,20H,3,5-6,8,10-11H2,1-2H3,(H,19,23). The molecular weight excluding hydrogens is 368 g/mol. The van der Waals surface area contributed by atoms with E-state index >= 15 is 0 Å². The van der Waals surface area contributed by atoms with Crippen LogP contribution >= 0.6 is 0 Å². The second-order valence-corrected chi connectivity index (χ2v) is 6.58. The summed E-state index contributed by atoms with van der Waals surface area (Å²) in [4.78, 5) is 47.6. The average molecular weight is 392 g/mol. The van der Waals surface area contributed by atoms with Gasteiger partial charge in [-0.25, -0.2) is 4.79 Å². The predicted octanol–water partition coefficient (Wildman–Crippen LogP) is 1.31. The summed E-state index contributed by atoms with van der Waals surface area (Å²) < 4.78 is 4.94. The number of nitrogens with zero attached hydrogens (tertiary/aromatic N) is 2. The molecule has 2 rings (SSSR count). The SMILES string of the molecule is CCCNC(=O)CN(C)C(=O)COC(=O)c1ccc(NC2CC2)c([N+](=O)[O-])c1. The molecule has 28 heavy (non-hydrogen) atoms. The lowest BCUT2D eigenvalue weighted by molar-refractivity contribution is -0.384. The Labute approximate surface area is 162 Å². The van der Waals surface area contributed by atoms with Crippen LogP contribution in [-0.2, 0) is 14.3 Å². The Hall–Kier alpha value is -3.17. The van der Waals surface area contributed by atoms with Crippen molar-refractivity contribution in [3.05, 3.63) is 33.9 Å². The van der Waals surface area contributed by atoms with Crippen molar-refractivity contribution < 1.29 is 24.0 Å². The largest absolute Gasteiger partial charge is 0.452 e. The highest BCUT2D eigenvalue weighted by Crippen LogP contribution is 2.31. The van der Waals surface area contributed by atoms with Crippen molar-refractivity contribution >= 4 is 29.2 Å². The number of rotatable bonds is 10. The molecule has 1 saturated carbocycles. The van der Waals surface area contributed by atoms with Crippen LogP contribution in [0.2, 0.25) is 0 Å². The molecule has 1 aromatic rings. The normalized spacial score (nSPS) is 12.8. The number of hydrogen-bond donors (Lipinski definition) is 2. The number of ether oxygens (including phenoxy) is 1. The maximum Gasteiger partial charge on any atom is 0.338 e. The summed E-state index contributed by atoms with van der Waals surface area (Å²) in [5.41, 5.74) is 0.0968. The van der Waals surface area contributed by atoms with E-state index < -0.39 is 23.4 Å². The molecule has 0 aliphatic heterocycles. The molecule has 0 spiro atoms. The third-order valence-corrected chi connectivity index (χ3v) is 4.07. The van der Waals surface area contributed by atoms with Gasteiger partial charge in [0.2, 0.25) is 5.91 Å². The van der Waals surface area contributed by atoms with Gasteiger partial charge in [0.25, 0.3) is 11.6 Å². The van der Waals surface area contributed by atoms with Gasteiger partial charge in [0.05, 0.1) is 17.0 Å². The number of anilines is 1. The highest BCUT2D eigenvalue weighted by molar-refractivity contribution is 5.93. The fourth-order valence-corrected chi connectivity index (χ4v) is 2.32. The highest BCUT2D eigenvalue weighted by atomic mass is 16.6. The number of esters is 1. The van der Waals surface area contributed by atoms with E-state index in [1.54, 1.807) is 0 Å². The smallest absolute Gasteiger partial charge is 0.338 e. The molecule has 0 saturated heterocycles. The molecule has 1 aromatic carbocycles. The lowest BCUT2D eigenvalue weighted by atomic mass is 10.1. The molecule has 1 aliphatic rings. The third kappa shape index (κ3) is 6.22. The van der Waals surface area contributed by atoms with Crippen LogP contribution in [-0.4, -0.2) is 60.4 Å². The second-order valence-electron chi connectivity index (χ2n) is 6.58. The summed E-state index contributed by atoms with van der Waals surface area (Å²) in [6.45, 7) is 1.71. The summed E-state index contributed by atoms with van der Waals surface area (Å²) >= 11 is 0. The summed E-state index contributed by atoms with van der Waals surface area (Å²) in [5.74, 6) is -1.71. The molecule has 2 amide bonds. The van der Waals surface area contributed by atoms with Crippen LogP contribution in [0.3, 0.4) is 0 Å². The van der Waals surface area contributed by atoms with E-state index in [1.807, 2.05) is 6.92 Å². The third-order valence-electron chi connectivity index (χ3n) is 4.07. The molecule has 0 aromatic heterocycles. The van der Waals surface area contributed by atoms with Crippen molar-refractivity contribution in [2.75, 3.05) is 32.1 Å². The Balaban J connectivity index is 1.91. The van der Waals surface area contributed by atoms with Gasteiger partial charge < -0.3 is 20.3 Å². The maximum atomic E-state index is 12.1. The molecule has 10 heteroatoms. The molecule has 0 unspecified atom stereocenters. The van der Waals surface area contributed by atoms with Crippen molar-refractivity contribution in [1.82, 2.24) is 10.2 Å². The number of carbonyl (C=O) groups is 3. The number of benzene rings is 1. The van der Waals surface area contributed by atoms with E-state index in [2.05, 4.69) is 10.6 Å². The molecular formula is C18H24N4O6. The van der Waals surface area contributed by atoms with E-state index in [-0.39, 0.29) is 29.7 Å². The summed E-state index contributed by atoms with van der Waals surface area (Å²) in [5, 5.41) is 16.9. The molecule has 1 aliphatic carbocycles. The van der Waals surface area contributed by atoms with Crippen LogP contribution < -0.4 is 10.6 Å². The number of nitrogens with one attached hydrogen (secondary N) is 2. The van der Waals surface area contributed by atoms with Crippen molar-refractivity contribution in [2.24, 2.45) is 0 Å². The van der Waals surface area contributed by atoms with Gasteiger partial charge in [-0.3, -0.25) is 19.7 Å². The van der Waals surface area contributed by atoms with Gasteiger partial charge in [-0.05, 0) is 31.4 Å². The maximum absolute atomic E-state index is 12.1. The zero-order valence-corrected chi connectivity index (χ0v) is 15.9. The quantitative estimate of drug-likeness (QED) is 0.349. The van der Waals surface area contributed by atoms with Crippen LogP contribution in [0.15, 0.2) is 18.2 Å². The fourth-order valence-electron chi connectivity index (χ4n) is 2.32. The number of nitro benzene ring substituents is 1. The van der Waals surface area contributed by atoms with Gasteiger partial charge in [-0.15, -0.1) is 0 Å². The summed E-state index contributed by atoms with van der Waals surface area (Å²) in [6, 6.07) is 4.21. The van der Waals surface area contributed by atoms with Gasteiger partial charge in [0.15, 0.2) is 6.61 Å². The van der Waals surface area contributed by atoms with Gasteiger partial charge in [0, 0.05) is 25.7 Å². The monoisotopic (exact) mass is 392 g/mol. The van der Waals surface area contributed by atoms with E-state index in [1.165, 1.54) is 19.2 Å². The van der Waals surface area contributed by atoms with Crippen LogP contribution in [0.25, 0.3) is 0 Å². The number of likely N-dealkylation sites (N-methyl/N-ethyl adjacent to an activating group) is 1. The van der Waals surface area contributed by atoms with Crippen molar-refractivity contribution in [3.8, 4) is 0 Å². The first-order chi connectivity index (χ1) is 13.3. The zero-order valence-electron chi connectivity index (χ0n) is 15.9. The van der Waals surface area contributed by atoms with Gasteiger partial charge in [0.1, 0.15) is 5.69 Å². The summed E-state index contributed by atoms with van der Waals surface area (Å²) in [6.07, 6.45) is 2.68. The van der Waals surface area contributed by atoms with Crippen LogP contribution in [0.4, 0.5) is 11.4 Å². The minimum absolute atomic E-state index is 0.0239. The minimum Gasteiger partial charge on any atom is -0.452 e. The van der Waals surface area contributed by atoms with E-state index in [0.717, 1.165) is 30.2 Å². The van der Waals surface area contributed by atoms with E-state index in [4.69, 9.17) is 4.74 Å². The first-order valence-electron chi connectivity index (χ1n) is 9.04. The minimum atomic E-state index is -0.849. The topological polar surface area (TPSA) is 131 Å². The molecule has 10 nitrogen and oxygen atoms in total. The van der Waals surface area contributed by atoms with Crippen LogP contribution in [0, 0.1) is 10.1 Å². The fraction of sp³-hybridized carbons (Fsp3) is 0.500. The molecule has 0 heterocycles. The van der Waals surface area contributed by atoms with E-state index in [0.29, 0.717) is 12.2 Å². The molecule has 2 N–H and O–H groups in total. The Morgan fingerprint density at radius 2 is 2.04 bits per heavy atom.